The van der Waals surface area contributed by atoms with Crippen LogP contribution in [0.4, 0.5) is 5.69 Å². The van der Waals surface area contributed by atoms with Crippen LogP contribution < -0.4 is 10.5 Å². The summed E-state index contributed by atoms with van der Waals surface area (Å²) >= 11 is 12.6. The molecule has 0 spiro atoms. The zero-order chi connectivity index (χ0) is 28.9. The lowest BCUT2D eigenvalue weighted by Crippen LogP contribution is -2.03. The van der Waals surface area contributed by atoms with Gasteiger partial charge in [-0.15, -0.1) is 0 Å². The van der Waals surface area contributed by atoms with E-state index in [-0.39, 0.29) is 5.97 Å². The van der Waals surface area contributed by atoms with Crippen LogP contribution in [0, 0.1) is 0 Å². The molecule has 0 aliphatic heterocycles. The Kier molecular flexibility index (Phi) is 8.43. The molecule has 0 aliphatic carbocycles. The first-order valence-electron chi connectivity index (χ1n) is 12.8. The molecule has 2 N–H and O–H groups in total. The number of nitrogens with two attached hydrogens (primary N) is 1. The lowest BCUT2D eigenvalue weighted by Gasteiger charge is -2.08. The number of rotatable bonds is 8. The lowest BCUT2D eigenvalue weighted by molar-refractivity contribution is 0.0600. The first-order valence-corrected chi connectivity index (χ1v) is 13.5. The summed E-state index contributed by atoms with van der Waals surface area (Å²) in [4.78, 5) is 16.7. The number of hydrogen-bond donors (Lipinski definition) is 1. The molecule has 5 rings (SSSR count). The number of carbonyl (C=O) groups is 1. The summed E-state index contributed by atoms with van der Waals surface area (Å²) in [5, 5.41) is 1.08. The first-order chi connectivity index (χ1) is 19.8. The maximum atomic E-state index is 11.8. The summed E-state index contributed by atoms with van der Waals surface area (Å²) in [6, 6.07) is 26.6. The fourth-order valence-corrected chi connectivity index (χ4v) is 4.93. The number of benzene rings is 4. The van der Waals surface area contributed by atoms with Crippen LogP contribution in [-0.2, 0) is 11.3 Å². The van der Waals surface area contributed by atoms with Crippen molar-refractivity contribution in [3.8, 4) is 28.1 Å². The molecule has 0 fully saturated rings. The number of anilines is 1. The van der Waals surface area contributed by atoms with E-state index in [2.05, 4.69) is 12.1 Å². The maximum absolute atomic E-state index is 11.8. The summed E-state index contributed by atoms with van der Waals surface area (Å²) in [6.07, 6.45) is 5.94. The minimum absolute atomic E-state index is 0.371. The standard InChI is InChI=1S/C33H27Cl2N3O3/c1-40-31-17-25(12-15-29(31)36)23-8-3-21(4-9-23)7-16-32-37-30(27-14-13-26(34)18-28(27)35)20-38(32)19-22-5-10-24(11-6-22)33(39)41-2/h3-18,20H,19,36H2,1-2H3. The van der Waals surface area contributed by atoms with Gasteiger partial charge in [-0.25, -0.2) is 9.78 Å². The molecule has 206 valence electrons. The fourth-order valence-electron chi connectivity index (χ4n) is 4.43. The van der Waals surface area contributed by atoms with Crippen molar-refractivity contribution in [3.05, 3.63) is 124 Å². The molecule has 0 atom stereocenters. The predicted molar refractivity (Wildman–Crippen MR) is 166 cm³/mol. The third kappa shape index (κ3) is 6.46. The molecule has 0 amide bonds. The highest BCUT2D eigenvalue weighted by atomic mass is 35.5. The van der Waals surface area contributed by atoms with E-state index in [9.17, 15) is 4.79 Å². The number of esters is 1. The molecule has 5 aromatic rings. The van der Waals surface area contributed by atoms with Gasteiger partial charge in [0.1, 0.15) is 11.6 Å². The second kappa shape index (κ2) is 12.3. The average Bonchev–Trinajstić information content (AvgIpc) is 3.38. The SMILES string of the molecule is COC(=O)c1ccc(Cn2cc(-c3ccc(Cl)cc3Cl)nc2C=Cc2ccc(-c3ccc(N)c(OC)c3)cc2)cc1. The Bertz CT molecular complexity index is 1730. The minimum Gasteiger partial charge on any atom is -0.495 e. The van der Waals surface area contributed by atoms with Crippen molar-refractivity contribution in [2.45, 2.75) is 6.54 Å². The fraction of sp³-hybridized carbons (Fsp3) is 0.0909. The maximum Gasteiger partial charge on any atom is 0.337 e. The number of ether oxygens (including phenoxy) is 2. The topological polar surface area (TPSA) is 79.4 Å². The van der Waals surface area contributed by atoms with Crippen molar-refractivity contribution in [1.29, 1.82) is 0 Å². The Morgan fingerprint density at radius 1 is 0.902 bits per heavy atom. The Morgan fingerprint density at radius 2 is 1.63 bits per heavy atom. The van der Waals surface area contributed by atoms with Gasteiger partial charge >= 0.3 is 5.97 Å². The molecule has 8 heteroatoms. The largest absolute Gasteiger partial charge is 0.495 e. The van der Waals surface area contributed by atoms with Crippen LogP contribution in [0.2, 0.25) is 10.0 Å². The highest BCUT2D eigenvalue weighted by Crippen LogP contribution is 2.31. The highest BCUT2D eigenvalue weighted by molar-refractivity contribution is 6.36. The first kappa shape index (κ1) is 28.0. The summed E-state index contributed by atoms with van der Waals surface area (Å²) in [6.45, 7) is 0.539. The number of carbonyl (C=O) groups excluding carboxylic acids is 1. The molecule has 1 aromatic heterocycles. The average molecular weight is 585 g/mol. The Hall–Kier alpha value is -4.52. The van der Waals surface area contributed by atoms with E-state index < -0.39 is 0 Å². The predicted octanol–water partition coefficient (Wildman–Crippen LogP) is 8.12. The number of hydrogen-bond acceptors (Lipinski definition) is 5. The van der Waals surface area contributed by atoms with Crippen molar-refractivity contribution in [2.75, 3.05) is 20.0 Å². The molecular formula is C33H27Cl2N3O3. The van der Waals surface area contributed by atoms with E-state index in [1.807, 2.05) is 71.4 Å². The van der Waals surface area contributed by atoms with E-state index in [4.69, 9.17) is 43.4 Å². The number of methoxy groups -OCH3 is 2. The van der Waals surface area contributed by atoms with E-state index >= 15 is 0 Å². The number of imidazole rings is 1. The van der Waals surface area contributed by atoms with Gasteiger partial charge in [0, 0.05) is 23.3 Å². The third-order valence-electron chi connectivity index (χ3n) is 6.64. The van der Waals surface area contributed by atoms with Gasteiger partial charge < -0.3 is 19.8 Å². The van der Waals surface area contributed by atoms with Crippen LogP contribution in [0.25, 0.3) is 34.5 Å². The molecule has 0 saturated heterocycles. The van der Waals surface area contributed by atoms with Crippen molar-refractivity contribution >= 4 is 47.0 Å². The van der Waals surface area contributed by atoms with Gasteiger partial charge in [-0.05, 0) is 70.8 Å². The van der Waals surface area contributed by atoms with Crippen molar-refractivity contribution in [3.63, 3.8) is 0 Å². The van der Waals surface area contributed by atoms with Crippen LogP contribution in [-0.4, -0.2) is 29.7 Å². The number of aromatic nitrogens is 2. The van der Waals surface area contributed by atoms with E-state index in [1.165, 1.54) is 7.11 Å². The van der Waals surface area contributed by atoms with E-state index in [0.717, 1.165) is 39.3 Å². The summed E-state index contributed by atoms with van der Waals surface area (Å²) in [5.41, 5.74) is 12.7. The molecule has 4 aromatic carbocycles. The second-order valence-corrected chi connectivity index (χ2v) is 10.2. The van der Waals surface area contributed by atoms with Gasteiger partial charge in [0.05, 0.1) is 36.2 Å². The Balaban J connectivity index is 1.44. The van der Waals surface area contributed by atoms with Gasteiger partial charge in [0.25, 0.3) is 0 Å². The smallest absolute Gasteiger partial charge is 0.337 e. The van der Waals surface area contributed by atoms with Gasteiger partial charge in [-0.3, -0.25) is 0 Å². The van der Waals surface area contributed by atoms with Crippen LogP contribution in [0.1, 0.15) is 27.3 Å². The monoisotopic (exact) mass is 583 g/mol. The van der Waals surface area contributed by atoms with Crippen molar-refractivity contribution < 1.29 is 14.3 Å². The number of nitrogen functional groups attached to an aromatic ring is 1. The Labute approximate surface area is 248 Å². The molecule has 6 nitrogen and oxygen atoms in total. The van der Waals surface area contributed by atoms with Crippen LogP contribution >= 0.6 is 23.2 Å². The molecule has 0 aliphatic rings. The van der Waals surface area contributed by atoms with Gasteiger partial charge in [-0.1, -0.05) is 71.7 Å². The number of nitrogens with zero attached hydrogens (tertiary/aromatic N) is 2. The highest BCUT2D eigenvalue weighted by Gasteiger charge is 2.13. The van der Waals surface area contributed by atoms with E-state index in [0.29, 0.717) is 33.6 Å². The van der Waals surface area contributed by atoms with E-state index in [1.54, 1.807) is 31.4 Å². The molecule has 41 heavy (non-hydrogen) atoms. The van der Waals surface area contributed by atoms with Crippen LogP contribution in [0.15, 0.2) is 91.1 Å². The van der Waals surface area contributed by atoms with Gasteiger partial charge in [0.15, 0.2) is 0 Å². The molecule has 1 heterocycles. The Morgan fingerprint density at radius 3 is 2.32 bits per heavy atom. The quantitative estimate of drug-likeness (QED) is 0.147. The zero-order valence-electron chi connectivity index (χ0n) is 22.5. The van der Waals surface area contributed by atoms with Gasteiger partial charge in [-0.2, -0.15) is 0 Å². The molecule has 0 unspecified atom stereocenters. The summed E-state index contributed by atoms with van der Waals surface area (Å²) in [5.74, 6) is 1.02. The molecule has 0 bridgehead atoms. The van der Waals surface area contributed by atoms with Crippen molar-refractivity contribution in [1.82, 2.24) is 9.55 Å². The lowest BCUT2D eigenvalue weighted by atomic mass is 10.0. The minimum atomic E-state index is -0.371. The van der Waals surface area contributed by atoms with Crippen molar-refractivity contribution in [2.24, 2.45) is 0 Å². The molecular weight excluding hydrogens is 557 g/mol. The summed E-state index contributed by atoms with van der Waals surface area (Å²) < 4.78 is 12.2. The van der Waals surface area contributed by atoms with Gasteiger partial charge in [0.2, 0.25) is 0 Å². The summed E-state index contributed by atoms with van der Waals surface area (Å²) in [7, 11) is 2.98. The number of halogens is 2. The third-order valence-corrected chi connectivity index (χ3v) is 7.19. The van der Waals surface area contributed by atoms with Crippen LogP contribution in [0.5, 0.6) is 5.75 Å². The van der Waals surface area contributed by atoms with Crippen LogP contribution in [0.3, 0.4) is 0 Å². The second-order valence-electron chi connectivity index (χ2n) is 9.34. The normalized spacial score (nSPS) is 11.1. The zero-order valence-corrected chi connectivity index (χ0v) is 24.0. The molecule has 0 saturated carbocycles. The molecule has 0 radical (unpaired) electrons.